The fourth-order valence-corrected chi connectivity index (χ4v) is 4.84. The molecule has 0 aliphatic carbocycles. The van der Waals surface area contributed by atoms with Crippen molar-refractivity contribution in [3.05, 3.63) is 44.1 Å². The van der Waals surface area contributed by atoms with Gasteiger partial charge >= 0.3 is 0 Å². The van der Waals surface area contributed by atoms with Crippen molar-refractivity contribution in [2.45, 2.75) is 11.8 Å². The average molecular weight is 406 g/mol. The smallest absolute Gasteiger partial charge is 0.161 e. The molecule has 0 saturated carbocycles. The maximum absolute atomic E-state index is 5.34. The van der Waals surface area contributed by atoms with E-state index in [2.05, 4.69) is 44.8 Å². The van der Waals surface area contributed by atoms with Gasteiger partial charge in [-0.3, -0.25) is 0 Å². The van der Waals surface area contributed by atoms with E-state index in [-0.39, 0.29) is 4.83 Å². The molecule has 1 aromatic heterocycles. The van der Waals surface area contributed by atoms with Crippen LogP contribution >= 0.6 is 43.2 Å². The lowest BCUT2D eigenvalue weighted by molar-refractivity contribution is 0.354. The van der Waals surface area contributed by atoms with Gasteiger partial charge in [0.1, 0.15) is 0 Å². The van der Waals surface area contributed by atoms with Crippen molar-refractivity contribution >= 4 is 43.2 Å². The van der Waals surface area contributed by atoms with Crippen LogP contribution in [0.1, 0.15) is 20.1 Å². The Labute approximate surface area is 134 Å². The maximum Gasteiger partial charge on any atom is 0.161 e. The molecule has 1 unspecified atom stereocenters. The topological polar surface area (TPSA) is 18.5 Å². The second kappa shape index (κ2) is 6.29. The van der Waals surface area contributed by atoms with Crippen LogP contribution in [-0.2, 0) is 0 Å². The Hall–Kier alpha value is -0.520. The van der Waals surface area contributed by atoms with E-state index < -0.39 is 0 Å². The third kappa shape index (κ3) is 3.15. The monoisotopic (exact) mass is 404 g/mol. The summed E-state index contributed by atoms with van der Waals surface area (Å²) in [6, 6.07) is 8.10. The molecule has 0 N–H and O–H groups in total. The molecule has 0 aliphatic rings. The molecule has 0 radical (unpaired) electrons. The minimum absolute atomic E-state index is 0.139. The molecule has 19 heavy (non-hydrogen) atoms. The van der Waals surface area contributed by atoms with Gasteiger partial charge in [-0.1, -0.05) is 22.0 Å². The van der Waals surface area contributed by atoms with Gasteiger partial charge in [-0.05, 0) is 46.6 Å². The lowest BCUT2D eigenvalue weighted by atomic mass is 10.1. The van der Waals surface area contributed by atoms with Crippen molar-refractivity contribution in [2.75, 3.05) is 14.2 Å². The summed E-state index contributed by atoms with van der Waals surface area (Å²) in [5, 5.41) is 0. The fourth-order valence-electron chi connectivity index (χ4n) is 1.84. The number of methoxy groups -OCH3 is 2. The van der Waals surface area contributed by atoms with Gasteiger partial charge in [0.05, 0.1) is 19.0 Å². The van der Waals surface area contributed by atoms with Gasteiger partial charge in [0.2, 0.25) is 0 Å². The quantitative estimate of drug-likeness (QED) is 0.640. The van der Waals surface area contributed by atoms with Crippen molar-refractivity contribution in [1.29, 1.82) is 0 Å². The predicted molar refractivity (Wildman–Crippen MR) is 87.1 cm³/mol. The van der Waals surface area contributed by atoms with Gasteiger partial charge in [-0.15, -0.1) is 11.3 Å². The summed E-state index contributed by atoms with van der Waals surface area (Å²) in [5.41, 5.74) is 1.14. The number of alkyl halides is 1. The van der Waals surface area contributed by atoms with Crippen LogP contribution in [0.4, 0.5) is 0 Å². The van der Waals surface area contributed by atoms with E-state index >= 15 is 0 Å². The molecule has 5 heteroatoms. The summed E-state index contributed by atoms with van der Waals surface area (Å²) in [7, 11) is 3.29. The second-order valence-corrected chi connectivity index (χ2v) is 7.10. The van der Waals surface area contributed by atoms with E-state index in [9.17, 15) is 0 Å². The van der Waals surface area contributed by atoms with Crippen LogP contribution in [0, 0.1) is 6.92 Å². The lowest BCUT2D eigenvalue weighted by Crippen LogP contribution is -1.95. The zero-order valence-corrected chi connectivity index (χ0v) is 14.9. The molecule has 1 aromatic carbocycles. The first-order valence-electron chi connectivity index (χ1n) is 5.68. The average Bonchev–Trinajstić information content (AvgIpc) is 2.76. The molecule has 102 valence electrons. The van der Waals surface area contributed by atoms with Crippen LogP contribution in [0.2, 0.25) is 0 Å². The highest BCUT2D eigenvalue weighted by atomic mass is 79.9. The number of aryl methyl sites for hydroxylation is 1. The van der Waals surface area contributed by atoms with E-state index in [1.54, 1.807) is 25.6 Å². The summed E-state index contributed by atoms with van der Waals surface area (Å²) < 4.78 is 11.7. The van der Waals surface area contributed by atoms with Gasteiger partial charge in [-0.25, -0.2) is 0 Å². The second-order valence-electron chi connectivity index (χ2n) is 4.05. The number of rotatable bonds is 4. The van der Waals surface area contributed by atoms with Crippen LogP contribution < -0.4 is 9.47 Å². The first-order chi connectivity index (χ1) is 9.06. The third-order valence-electron chi connectivity index (χ3n) is 2.77. The summed E-state index contributed by atoms with van der Waals surface area (Å²) in [6.45, 7) is 2.10. The highest BCUT2D eigenvalue weighted by Crippen LogP contribution is 2.42. The van der Waals surface area contributed by atoms with Crippen molar-refractivity contribution in [3.8, 4) is 11.5 Å². The molecule has 1 atom stereocenters. The van der Waals surface area contributed by atoms with E-state index in [0.29, 0.717) is 0 Å². The molecule has 0 spiro atoms. The first-order valence-corrected chi connectivity index (χ1v) is 8.21. The Morgan fingerprint density at radius 3 is 2.32 bits per heavy atom. The number of ether oxygens (including phenoxy) is 2. The van der Waals surface area contributed by atoms with E-state index in [0.717, 1.165) is 21.5 Å². The van der Waals surface area contributed by atoms with Gasteiger partial charge in [0.25, 0.3) is 0 Å². The summed E-state index contributed by atoms with van der Waals surface area (Å²) >= 11 is 9.13. The van der Waals surface area contributed by atoms with E-state index in [4.69, 9.17) is 9.47 Å². The van der Waals surface area contributed by atoms with Crippen LogP contribution in [0.5, 0.6) is 11.5 Å². The van der Waals surface area contributed by atoms with Crippen LogP contribution in [0.3, 0.4) is 0 Å². The number of halogens is 2. The molecular weight excluding hydrogens is 392 g/mol. The molecular formula is C14H14Br2O2S. The third-order valence-corrected chi connectivity index (χ3v) is 6.09. The lowest BCUT2D eigenvalue weighted by Gasteiger charge is -2.13. The maximum atomic E-state index is 5.34. The van der Waals surface area contributed by atoms with Crippen LogP contribution in [-0.4, -0.2) is 14.2 Å². The SMILES string of the molecule is COc1ccc(C(Br)c2sc(C)cc2Br)cc1OC. The largest absolute Gasteiger partial charge is 0.493 e. The number of benzene rings is 1. The van der Waals surface area contributed by atoms with Crippen LogP contribution in [0.25, 0.3) is 0 Å². The van der Waals surface area contributed by atoms with Crippen molar-refractivity contribution in [1.82, 2.24) is 0 Å². The highest BCUT2D eigenvalue weighted by Gasteiger charge is 2.18. The summed E-state index contributed by atoms with van der Waals surface area (Å²) in [4.78, 5) is 2.68. The number of hydrogen-bond donors (Lipinski definition) is 0. The summed E-state index contributed by atoms with van der Waals surface area (Å²) in [6.07, 6.45) is 0. The Morgan fingerprint density at radius 1 is 1.11 bits per heavy atom. The normalized spacial score (nSPS) is 12.3. The Bertz CT molecular complexity index is 581. The molecule has 0 fully saturated rings. The molecule has 0 amide bonds. The molecule has 0 aliphatic heterocycles. The Kier molecular flexibility index (Phi) is 4.92. The van der Waals surface area contributed by atoms with Crippen molar-refractivity contribution in [3.63, 3.8) is 0 Å². The molecule has 0 bridgehead atoms. The first kappa shape index (κ1) is 14.9. The van der Waals surface area contributed by atoms with E-state index in [1.807, 2.05) is 18.2 Å². The van der Waals surface area contributed by atoms with Gasteiger partial charge in [0, 0.05) is 14.2 Å². The molecule has 2 rings (SSSR count). The van der Waals surface area contributed by atoms with Crippen LogP contribution in [0.15, 0.2) is 28.7 Å². The zero-order valence-electron chi connectivity index (χ0n) is 10.9. The Morgan fingerprint density at radius 2 is 1.79 bits per heavy atom. The van der Waals surface area contributed by atoms with Crippen molar-refractivity contribution < 1.29 is 9.47 Å². The predicted octanol–water partition coefficient (Wildman–Crippen LogP) is 5.32. The Balaban J connectivity index is 2.39. The standard InChI is InChI=1S/C14H14Br2O2S/c1-8-6-10(15)14(19-8)13(16)9-4-5-11(17-2)12(7-9)18-3/h4-7,13H,1-3H3. The minimum atomic E-state index is 0.139. The molecule has 0 saturated heterocycles. The highest BCUT2D eigenvalue weighted by molar-refractivity contribution is 9.11. The zero-order chi connectivity index (χ0) is 14.0. The van der Waals surface area contributed by atoms with Crippen molar-refractivity contribution in [2.24, 2.45) is 0 Å². The van der Waals surface area contributed by atoms with Gasteiger partial charge in [-0.2, -0.15) is 0 Å². The van der Waals surface area contributed by atoms with E-state index in [1.165, 1.54) is 9.75 Å². The molecule has 2 aromatic rings. The minimum Gasteiger partial charge on any atom is -0.493 e. The fraction of sp³-hybridized carbons (Fsp3) is 0.286. The van der Waals surface area contributed by atoms with Gasteiger partial charge < -0.3 is 9.47 Å². The van der Waals surface area contributed by atoms with Gasteiger partial charge in [0.15, 0.2) is 11.5 Å². The molecule has 1 heterocycles. The molecule has 2 nitrogen and oxygen atoms in total. The summed E-state index contributed by atoms with van der Waals surface area (Å²) in [5.74, 6) is 1.49. The number of thiophene rings is 1. The number of hydrogen-bond acceptors (Lipinski definition) is 3.